The maximum atomic E-state index is 13.1. The highest BCUT2D eigenvalue weighted by atomic mass is 35.5. The summed E-state index contributed by atoms with van der Waals surface area (Å²) in [6, 6.07) is 5.41. The van der Waals surface area contributed by atoms with Crippen LogP contribution in [0.4, 0.5) is 5.69 Å². The Morgan fingerprint density at radius 1 is 1.27 bits per heavy atom. The second-order valence-electron chi connectivity index (χ2n) is 7.34. The Morgan fingerprint density at radius 3 is 2.77 bits per heavy atom. The van der Waals surface area contributed by atoms with Crippen molar-refractivity contribution < 1.29 is 13.2 Å². The summed E-state index contributed by atoms with van der Waals surface area (Å²) in [5, 5.41) is 3.53. The average molecular weight is 400 g/mol. The number of nitrogens with zero attached hydrogens (tertiary/aromatic N) is 1. The molecule has 2 heterocycles. The highest BCUT2D eigenvalue weighted by Crippen LogP contribution is 2.36. The van der Waals surface area contributed by atoms with Crippen LogP contribution in [0.25, 0.3) is 0 Å². The normalized spacial score (nSPS) is 27.6. The Kier molecular flexibility index (Phi) is 5.63. The molecule has 1 aliphatic carbocycles. The molecule has 144 valence electrons. The number of carbonyl (C=O) groups excluding carboxylic acids is 1. The standard InChI is InChI=1S/C18H25N3O3S.ClH/c1-19-25(23,24)14-7-6-12-8-9-21(17(12)11-14)18(22)16-10-13-4-2-3-5-15(13)20-16;/h6-7,11,13,15-16,19-20H,2-5,8-10H2,1H3;1H. The molecule has 0 spiro atoms. The Balaban J connectivity index is 0.00000196. The number of fused-ring (bicyclic) bond motifs is 2. The molecule has 4 rings (SSSR count). The van der Waals surface area contributed by atoms with Gasteiger partial charge in [-0.05, 0) is 56.3 Å². The zero-order valence-corrected chi connectivity index (χ0v) is 16.5. The van der Waals surface area contributed by atoms with Crippen LogP contribution in [-0.4, -0.2) is 40.0 Å². The first-order chi connectivity index (χ1) is 12.0. The molecule has 3 atom stereocenters. The van der Waals surface area contributed by atoms with E-state index in [0.717, 1.165) is 30.5 Å². The average Bonchev–Trinajstić information content (AvgIpc) is 3.24. The van der Waals surface area contributed by atoms with Gasteiger partial charge in [-0.25, -0.2) is 13.1 Å². The maximum absolute atomic E-state index is 13.1. The minimum absolute atomic E-state index is 0. The lowest BCUT2D eigenvalue weighted by Crippen LogP contribution is -2.45. The van der Waals surface area contributed by atoms with Gasteiger partial charge in [-0.15, -0.1) is 12.4 Å². The number of carbonyl (C=O) groups is 1. The molecule has 0 radical (unpaired) electrons. The number of hydrogen-bond acceptors (Lipinski definition) is 4. The minimum atomic E-state index is -3.51. The van der Waals surface area contributed by atoms with Gasteiger partial charge in [0.1, 0.15) is 0 Å². The summed E-state index contributed by atoms with van der Waals surface area (Å²) in [6.45, 7) is 0.630. The van der Waals surface area contributed by atoms with Crippen molar-refractivity contribution in [1.82, 2.24) is 10.0 Å². The van der Waals surface area contributed by atoms with Gasteiger partial charge in [0.05, 0.1) is 10.9 Å². The van der Waals surface area contributed by atoms with Gasteiger partial charge in [-0.3, -0.25) is 4.79 Å². The van der Waals surface area contributed by atoms with Crippen molar-refractivity contribution in [3.63, 3.8) is 0 Å². The molecule has 6 nitrogen and oxygen atoms in total. The number of hydrogen-bond donors (Lipinski definition) is 2. The molecule has 0 bridgehead atoms. The van der Waals surface area contributed by atoms with E-state index in [9.17, 15) is 13.2 Å². The summed E-state index contributed by atoms with van der Waals surface area (Å²) < 4.78 is 26.5. The molecule has 8 heteroatoms. The van der Waals surface area contributed by atoms with E-state index in [1.165, 1.54) is 26.3 Å². The van der Waals surface area contributed by atoms with Crippen molar-refractivity contribution >= 4 is 34.0 Å². The summed E-state index contributed by atoms with van der Waals surface area (Å²) in [4.78, 5) is 15.1. The van der Waals surface area contributed by atoms with E-state index >= 15 is 0 Å². The fourth-order valence-electron chi connectivity index (χ4n) is 4.57. The lowest BCUT2D eigenvalue weighted by molar-refractivity contribution is -0.120. The number of anilines is 1. The number of sulfonamides is 1. The zero-order valence-electron chi connectivity index (χ0n) is 14.9. The lowest BCUT2D eigenvalue weighted by atomic mass is 9.85. The Labute approximate surface area is 161 Å². The molecule has 26 heavy (non-hydrogen) atoms. The van der Waals surface area contributed by atoms with Crippen molar-refractivity contribution in [3.8, 4) is 0 Å². The highest BCUT2D eigenvalue weighted by molar-refractivity contribution is 7.89. The zero-order chi connectivity index (χ0) is 17.6. The fraction of sp³-hybridized carbons (Fsp3) is 0.611. The van der Waals surface area contributed by atoms with Crippen LogP contribution in [0.5, 0.6) is 0 Å². The van der Waals surface area contributed by atoms with Crippen LogP contribution in [0.15, 0.2) is 23.1 Å². The first-order valence-corrected chi connectivity index (χ1v) is 10.6. The number of halogens is 1. The van der Waals surface area contributed by atoms with E-state index in [-0.39, 0.29) is 29.3 Å². The predicted octanol–water partition coefficient (Wildman–Crippen LogP) is 1.83. The molecule has 0 aromatic heterocycles. The predicted molar refractivity (Wildman–Crippen MR) is 103 cm³/mol. The lowest BCUT2D eigenvalue weighted by Gasteiger charge is -2.24. The molecule has 3 aliphatic rings. The van der Waals surface area contributed by atoms with E-state index in [4.69, 9.17) is 0 Å². The summed E-state index contributed by atoms with van der Waals surface area (Å²) in [6.07, 6.45) is 6.57. The summed E-state index contributed by atoms with van der Waals surface area (Å²) in [5.74, 6) is 0.702. The maximum Gasteiger partial charge on any atom is 0.244 e. The number of amides is 1. The van der Waals surface area contributed by atoms with Gasteiger partial charge in [0, 0.05) is 18.3 Å². The smallest absolute Gasteiger partial charge is 0.244 e. The summed E-state index contributed by atoms with van der Waals surface area (Å²) in [5.41, 5.74) is 1.79. The van der Waals surface area contributed by atoms with Crippen LogP contribution in [0, 0.1) is 5.92 Å². The van der Waals surface area contributed by atoms with Gasteiger partial charge in [-0.1, -0.05) is 18.9 Å². The highest BCUT2D eigenvalue weighted by Gasteiger charge is 2.41. The summed E-state index contributed by atoms with van der Waals surface area (Å²) >= 11 is 0. The summed E-state index contributed by atoms with van der Waals surface area (Å²) in [7, 11) is -2.11. The molecule has 1 saturated carbocycles. The largest absolute Gasteiger partial charge is 0.310 e. The van der Waals surface area contributed by atoms with Crippen molar-refractivity contribution in [3.05, 3.63) is 23.8 Å². The van der Waals surface area contributed by atoms with Crippen LogP contribution < -0.4 is 14.9 Å². The molecule has 2 N–H and O–H groups in total. The molecule has 1 aromatic carbocycles. The van der Waals surface area contributed by atoms with Crippen LogP contribution in [0.3, 0.4) is 0 Å². The monoisotopic (exact) mass is 399 g/mol. The van der Waals surface area contributed by atoms with Crippen molar-refractivity contribution in [2.24, 2.45) is 5.92 Å². The second kappa shape index (κ2) is 7.46. The number of nitrogens with one attached hydrogen (secondary N) is 2. The van der Waals surface area contributed by atoms with Gasteiger partial charge in [0.25, 0.3) is 0 Å². The van der Waals surface area contributed by atoms with Crippen LogP contribution in [0.1, 0.15) is 37.7 Å². The topological polar surface area (TPSA) is 78.5 Å². The second-order valence-corrected chi connectivity index (χ2v) is 9.23. The Morgan fingerprint density at radius 2 is 2.04 bits per heavy atom. The van der Waals surface area contributed by atoms with Crippen LogP contribution in [0.2, 0.25) is 0 Å². The number of rotatable bonds is 3. The van der Waals surface area contributed by atoms with E-state index in [1.54, 1.807) is 17.0 Å². The molecule has 1 amide bonds. The van der Waals surface area contributed by atoms with E-state index in [0.29, 0.717) is 18.5 Å². The third kappa shape index (κ3) is 3.38. The first-order valence-electron chi connectivity index (χ1n) is 9.13. The Bertz CT molecular complexity index is 785. The SMILES string of the molecule is CNS(=O)(=O)c1ccc2c(c1)N(C(=O)C1CC3CCCCC3N1)CC2.Cl. The Hall–Kier alpha value is -1.15. The van der Waals surface area contributed by atoms with Crippen molar-refractivity contribution in [2.45, 2.75) is 55.5 Å². The first kappa shape index (κ1) is 19.6. The number of benzene rings is 1. The quantitative estimate of drug-likeness (QED) is 0.812. The molecule has 2 fully saturated rings. The molecule has 2 aliphatic heterocycles. The third-order valence-corrected chi connectivity index (χ3v) is 7.37. The van der Waals surface area contributed by atoms with E-state index < -0.39 is 10.0 Å². The van der Waals surface area contributed by atoms with Crippen LogP contribution >= 0.6 is 12.4 Å². The van der Waals surface area contributed by atoms with Gasteiger partial charge in [-0.2, -0.15) is 0 Å². The fourth-order valence-corrected chi connectivity index (χ4v) is 5.32. The van der Waals surface area contributed by atoms with E-state index in [2.05, 4.69) is 10.0 Å². The minimum Gasteiger partial charge on any atom is -0.310 e. The van der Waals surface area contributed by atoms with Crippen molar-refractivity contribution in [2.75, 3.05) is 18.5 Å². The van der Waals surface area contributed by atoms with Crippen LogP contribution in [-0.2, 0) is 21.2 Å². The molecular weight excluding hydrogens is 374 g/mol. The molecule has 1 aromatic rings. The molecule has 3 unspecified atom stereocenters. The third-order valence-electron chi connectivity index (χ3n) is 5.96. The molecule has 1 saturated heterocycles. The van der Waals surface area contributed by atoms with Gasteiger partial charge < -0.3 is 10.2 Å². The van der Waals surface area contributed by atoms with Crippen molar-refractivity contribution in [1.29, 1.82) is 0 Å². The molecular formula is C18H26ClN3O3S. The van der Waals surface area contributed by atoms with Gasteiger partial charge >= 0.3 is 0 Å². The van der Waals surface area contributed by atoms with E-state index in [1.807, 2.05) is 6.07 Å². The van der Waals surface area contributed by atoms with Gasteiger partial charge in [0.15, 0.2) is 0 Å². The van der Waals surface area contributed by atoms with Gasteiger partial charge in [0.2, 0.25) is 15.9 Å².